The normalized spacial score (nSPS) is 18.9. The number of likely N-dealkylation sites (tertiary alicyclic amines) is 1. The SMILES string of the molecule is CCn1cc(C(=O)NCC[N+]2(CC3=C(C(=O)O)N4C(=O)C(NC(=O)C(=NOC(C)(C)C(=O)O)c5csc(N)n5)C4[N+]#SC3)CCCC2)c(=O)c2cc(F)c(O)c(O)c21. The number of thiazole rings is 1. The smallest absolute Gasteiger partial charge is 0.389 e. The summed E-state index contributed by atoms with van der Waals surface area (Å²) in [4.78, 5) is 88.4. The second-order valence-electron chi connectivity index (χ2n) is 14.4. The number of amides is 3. The highest BCUT2D eigenvalue weighted by molar-refractivity contribution is 7.87. The molecule has 1 aromatic carbocycles. The highest BCUT2D eigenvalue weighted by Gasteiger charge is 2.61. The number of pyridine rings is 1. The molecule has 2 fully saturated rings. The first-order chi connectivity index (χ1) is 27.4. The average molecular weight is 846 g/mol. The summed E-state index contributed by atoms with van der Waals surface area (Å²) in [6.45, 7) is 6.08. The Kier molecular flexibility index (Phi) is 11.4. The van der Waals surface area contributed by atoms with E-state index >= 15 is 0 Å². The minimum absolute atomic E-state index is 0.0478. The Balaban J connectivity index is 1.19. The van der Waals surface area contributed by atoms with Crippen molar-refractivity contribution in [2.45, 2.75) is 58.0 Å². The van der Waals surface area contributed by atoms with Crippen molar-refractivity contribution in [3.8, 4) is 11.5 Å². The molecular weight excluding hydrogens is 806 g/mol. The Bertz CT molecular complexity index is 2450. The van der Waals surface area contributed by atoms with E-state index in [1.807, 2.05) is 0 Å². The Hall–Kier alpha value is -6.16. The van der Waals surface area contributed by atoms with E-state index < -0.39 is 75.9 Å². The zero-order chi connectivity index (χ0) is 42.3. The predicted molar refractivity (Wildman–Crippen MR) is 207 cm³/mol. The monoisotopic (exact) mass is 845 g/mol. The van der Waals surface area contributed by atoms with Crippen LogP contribution in [-0.2, 0) is 30.6 Å². The Morgan fingerprint density at radius 1 is 1.17 bits per heavy atom. The van der Waals surface area contributed by atoms with Gasteiger partial charge in [-0.25, -0.2) is 23.9 Å². The molecule has 0 radical (unpaired) electrons. The topological polar surface area (TPSA) is 280 Å². The molecule has 58 heavy (non-hydrogen) atoms. The quantitative estimate of drug-likeness (QED) is 0.0396. The van der Waals surface area contributed by atoms with Gasteiger partial charge in [-0.2, -0.15) is 0 Å². The van der Waals surface area contributed by atoms with Crippen molar-refractivity contribution >= 4 is 74.1 Å². The predicted octanol–water partition coefficient (Wildman–Crippen LogP) is 1.26. The van der Waals surface area contributed by atoms with E-state index in [1.54, 1.807) is 6.92 Å². The van der Waals surface area contributed by atoms with E-state index in [-0.39, 0.29) is 58.4 Å². The van der Waals surface area contributed by atoms with E-state index in [1.165, 1.54) is 30.0 Å². The second kappa shape index (κ2) is 16.0. The molecule has 2 atom stereocenters. The first-order valence-electron chi connectivity index (χ1n) is 17.9. The number of nitrogens with one attached hydrogen (secondary N) is 2. The van der Waals surface area contributed by atoms with Gasteiger partial charge in [-0.15, -0.1) is 11.3 Å². The summed E-state index contributed by atoms with van der Waals surface area (Å²) >= 11 is 2.00. The number of aromatic nitrogens is 2. The number of phenolic OH excluding ortho intramolecular Hbond substituents is 2. The minimum Gasteiger partial charge on any atom is -0.503 e. The Labute approximate surface area is 335 Å². The van der Waals surface area contributed by atoms with Crippen LogP contribution < -0.4 is 21.8 Å². The number of nitrogens with zero attached hydrogens (tertiary/aromatic N) is 6. The maximum atomic E-state index is 14.3. The number of halogens is 1. The van der Waals surface area contributed by atoms with Gasteiger partial charge in [0, 0.05) is 36.5 Å². The standard InChI is InChI=1S/C35H38FN9O11S2/c1-4-43-12-18(25(46)17-11-19(36)26(47)27(48)24(17)43)29(49)38-7-10-45(8-5-6-9-45)13-16-14-58-42-28-22(31(51)44(28)23(16)32(52)53)40-30(50)21(20-15-57-34(37)39-20)41-56-35(2,3)33(54)55/h11-12,15,22,28H,4-10,13-14H2,1-3H3,(H6-2,37,38,39,40,41,46,47,48,49,50,52,53,54,55)/p+2. The first-order valence-corrected chi connectivity index (χ1v) is 19.7. The molecule has 6 rings (SSSR count). The number of quaternary nitrogens is 1. The number of phenols is 2. The number of aliphatic carboxylic acids is 2. The van der Waals surface area contributed by atoms with Gasteiger partial charge in [-0.05, 0) is 31.0 Å². The molecule has 0 spiro atoms. The van der Waals surface area contributed by atoms with Crippen molar-refractivity contribution in [2.75, 3.05) is 44.2 Å². The van der Waals surface area contributed by atoms with E-state index in [9.17, 15) is 53.6 Å². The molecule has 308 valence electrons. The van der Waals surface area contributed by atoms with Gasteiger partial charge in [-0.3, -0.25) is 19.2 Å². The summed E-state index contributed by atoms with van der Waals surface area (Å²) in [5.41, 5.74) is 2.23. The van der Waals surface area contributed by atoms with Crippen molar-refractivity contribution < 1.29 is 58.1 Å². The van der Waals surface area contributed by atoms with Crippen LogP contribution in [0.15, 0.2) is 38.9 Å². The molecule has 0 bridgehead atoms. The van der Waals surface area contributed by atoms with E-state index in [2.05, 4.69) is 25.0 Å². The summed E-state index contributed by atoms with van der Waals surface area (Å²) in [5.74, 6) is -8.20. The van der Waals surface area contributed by atoms with Gasteiger partial charge >= 0.3 is 18.1 Å². The lowest BCUT2D eigenvalue weighted by molar-refractivity contribution is -0.911. The van der Waals surface area contributed by atoms with Crippen LogP contribution >= 0.6 is 22.7 Å². The van der Waals surface area contributed by atoms with E-state index in [4.69, 9.17) is 10.6 Å². The number of carbonyl (C=O) groups is 5. The molecule has 5 heterocycles. The fourth-order valence-corrected chi connectivity index (χ4v) is 8.44. The highest BCUT2D eigenvalue weighted by Crippen LogP contribution is 2.36. The van der Waals surface area contributed by atoms with Crippen molar-refractivity contribution in [1.29, 1.82) is 0 Å². The number of carbonyl (C=O) groups excluding carboxylic acids is 3. The lowest BCUT2D eigenvalue weighted by Gasteiger charge is -2.38. The van der Waals surface area contributed by atoms with Crippen molar-refractivity contribution in [2.24, 2.45) is 5.16 Å². The summed E-state index contributed by atoms with van der Waals surface area (Å²) in [6.07, 6.45) is 1.70. The van der Waals surface area contributed by atoms with Crippen LogP contribution in [0.3, 0.4) is 0 Å². The second-order valence-corrected chi connectivity index (χ2v) is 16.0. The van der Waals surface area contributed by atoms with Crippen LogP contribution in [0.5, 0.6) is 11.5 Å². The largest absolute Gasteiger partial charge is 0.503 e. The molecule has 3 aliphatic heterocycles. The summed E-state index contributed by atoms with van der Waals surface area (Å²) in [6, 6.07) is -0.550. The van der Waals surface area contributed by atoms with Crippen LogP contribution in [0.25, 0.3) is 15.1 Å². The van der Waals surface area contributed by atoms with Gasteiger partial charge in [0.2, 0.25) is 28.5 Å². The molecule has 3 aliphatic rings. The third kappa shape index (κ3) is 7.75. The number of aromatic hydroxyl groups is 2. The highest BCUT2D eigenvalue weighted by atomic mass is 32.1. The average Bonchev–Trinajstić information content (AvgIpc) is 3.78. The Morgan fingerprint density at radius 2 is 1.88 bits per heavy atom. The number of rotatable bonds is 14. The maximum Gasteiger partial charge on any atom is 0.389 e. The van der Waals surface area contributed by atoms with Crippen LogP contribution in [-0.4, -0.2) is 131 Å². The lowest BCUT2D eigenvalue weighted by atomic mass is 9.99. The van der Waals surface area contributed by atoms with Crippen LogP contribution in [0.1, 0.15) is 49.7 Å². The van der Waals surface area contributed by atoms with Crippen LogP contribution in [0.4, 0.5) is 9.52 Å². The number of carboxylic acid groups (broad SMARTS) is 2. The van der Waals surface area contributed by atoms with Crippen molar-refractivity contribution in [3.63, 3.8) is 0 Å². The van der Waals surface area contributed by atoms with Gasteiger partial charge in [0.15, 0.2) is 28.2 Å². The van der Waals surface area contributed by atoms with Gasteiger partial charge in [-0.1, -0.05) is 5.16 Å². The number of oxime groups is 1. The maximum absolute atomic E-state index is 14.3. The molecule has 2 unspecified atom stereocenters. The number of β-lactam (4-membered cyclic amide) rings is 1. The van der Waals surface area contributed by atoms with E-state index in [0.717, 1.165) is 46.5 Å². The lowest BCUT2D eigenvalue weighted by Crippen LogP contribution is -2.70. The van der Waals surface area contributed by atoms with Gasteiger partial charge < -0.3 is 50.7 Å². The third-order valence-electron chi connectivity index (χ3n) is 10.2. The fraction of sp³-hybridized carbons (Fsp3) is 0.429. The molecule has 8 N–H and O–H groups in total. The van der Waals surface area contributed by atoms with Gasteiger partial charge in [0.1, 0.15) is 29.3 Å². The number of carboxylic acids is 2. The molecular formula is C35H40FN9O11S2+2. The van der Waals surface area contributed by atoms with Crippen LogP contribution in [0, 0.1) is 5.82 Å². The van der Waals surface area contributed by atoms with Crippen LogP contribution in [0.2, 0.25) is 0 Å². The van der Waals surface area contributed by atoms with E-state index in [0.29, 0.717) is 29.7 Å². The number of fused-ring (bicyclic) bond motifs is 2. The summed E-state index contributed by atoms with van der Waals surface area (Å²) in [5, 5.41) is 50.3. The number of benzene rings is 1. The number of anilines is 1. The molecule has 23 heteroatoms. The Morgan fingerprint density at radius 3 is 2.50 bits per heavy atom. The van der Waals surface area contributed by atoms with Gasteiger partial charge in [0.05, 0.1) is 37.1 Å². The number of aryl methyl sites for hydroxylation is 1. The minimum atomic E-state index is -1.84. The number of nitrogens with two attached hydrogens (primary N) is 1. The zero-order valence-corrected chi connectivity index (χ0v) is 33.0. The molecule has 20 nitrogen and oxygen atoms in total. The third-order valence-corrected chi connectivity index (χ3v) is 11.7. The number of hydrogen-bond donors (Lipinski definition) is 7. The molecule has 2 saturated heterocycles. The number of hydrogen-bond acceptors (Lipinski definition) is 13. The molecule has 2 aromatic heterocycles. The van der Waals surface area contributed by atoms with Crippen molar-refractivity contribution in [3.05, 3.63) is 60.4 Å². The number of nitrogen functional groups attached to an aromatic ring is 1. The summed E-state index contributed by atoms with van der Waals surface area (Å²) in [7, 11) is 0. The molecule has 3 aromatic rings. The summed E-state index contributed by atoms with van der Waals surface area (Å²) < 4.78 is 20.5. The molecule has 0 aliphatic carbocycles. The molecule has 3 amide bonds. The first kappa shape index (κ1) is 41.5. The van der Waals surface area contributed by atoms with Gasteiger partial charge in [0.25, 0.3) is 17.7 Å². The molecule has 0 saturated carbocycles. The zero-order valence-electron chi connectivity index (χ0n) is 31.4. The van der Waals surface area contributed by atoms with Crippen molar-refractivity contribution in [1.82, 2.24) is 25.1 Å². The fourth-order valence-electron chi connectivity index (χ4n) is 7.06.